The van der Waals surface area contributed by atoms with Gasteiger partial charge in [-0.15, -0.1) is 11.8 Å². The number of hydrogen-bond acceptors (Lipinski definition) is 4. The number of carbonyl (C=O) groups is 2. The van der Waals surface area contributed by atoms with E-state index in [1.54, 1.807) is 16.7 Å². The Balaban J connectivity index is 1.45. The number of benzene rings is 2. The number of likely N-dealkylation sites (tertiary alicyclic amines) is 1. The van der Waals surface area contributed by atoms with Gasteiger partial charge in [0.1, 0.15) is 5.75 Å². The Bertz CT molecular complexity index is 774. The maximum absolute atomic E-state index is 12.5. The van der Waals surface area contributed by atoms with Crippen LogP contribution in [0.15, 0.2) is 59.5 Å². The number of rotatable bonds is 6. The summed E-state index contributed by atoms with van der Waals surface area (Å²) in [6.45, 7) is 1.20. The molecule has 142 valence electrons. The zero-order valence-corrected chi connectivity index (χ0v) is 16.2. The molecule has 0 spiro atoms. The van der Waals surface area contributed by atoms with Crippen LogP contribution in [0.1, 0.15) is 12.8 Å². The Hall–Kier alpha value is -2.47. The van der Waals surface area contributed by atoms with Crippen molar-refractivity contribution in [1.29, 1.82) is 0 Å². The fourth-order valence-corrected chi connectivity index (χ4v) is 3.55. The molecular weight excluding hydrogens is 360 g/mol. The summed E-state index contributed by atoms with van der Waals surface area (Å²) in [5.41, 5.74) is 0.821. The molecule has 2 aromatic carbocycles. The molecular formula is C21H24N2O3S. The van der Waals surface area contributed by atoms with Crippen LogP contribution < -0.4 is 10.1 Å². The van der Waals surface area contributed by atoms with Crippen molar-refractivity contribution in [3.8, 4) is 5.75 Å². The Morgan fingerprint density at radius 2 is 1.85 bits per heavy atom. The van der Waals surface area contributed by atoms with Gasteiger partial charge in [-0.3, -0.25) is 9.59 Å². The highest BCUT2D eigenvalue weighted by molar-refractivity contribution is 7.98. The lowest BCUT2D eigenvalue weighted by atomic mass is 9.95. The molecule has 1 heterocycles. The van der Waals surface area contributed by atoms with Crippen LogP contribution in [0, 0.1) is 5.92 Å². The number of para-hydroxylation sites is 1. The molecule has 1 aliphatic rings. The molecule has 2 aromatic rings. The predicted molar refractivity (Wildman–Crippen MR) is 108 cm³/mol. The summed E-state index contributed by atoms with van der Waals surface area (Å²) in [5, 5.41) is 3.00. The number of thioether (sulfide) groups is 1. The molecule has 0 saturated carbocycles. The zero-order chi connectivity index (χ0) is 19.1. The highest BCUT2D eigenvalue weighted by Crippen LogP contribution is 2.22. The molecule has 3 rings (SSSR count). The summed E-state index contributed by atoms with van der Waals surface area (Å²) in [4.78, 5) is 27.7. The van der Waals surface area contributed by atoms with Gasteiger partial charge in [0.25, 0.3) is 5.91 Å². The summed E-state index contributed by atoms with van der Waals surface area (Å²) in [5.74, 6) is 0.612. The molecule has 1 saturated heterocycles. The van der Waals surface area contributed by atoms with Crippen LogP contribution in [0.2, 0.25) is 0 Å². The molecule has 0 bridgehead atoms. The lowest BCUT2D eigenvalue weighted by Gasteiger charge is -2.31. The van der Waals surface area contributed by atoms with E-state index < -0.39 is 0 Å². The van der Waals surface area contributed by atoms with Crippen LogP contribution in [0.3, 0.4) is 0 Å². The van der Waals surface area contributed by atoms with E-state index in [0.29, 0.717) is 31.7 Å². The van der Waals surface area contributed by atoms with Gasteiger partial charge in [0.15, 0.2) is 6.61 Å². The standard InChI is InChI=1S/C21H24N2O3S/c1-27-19-9-5-6-17(14-19)22-21(25)16-10-12-23(13-11-16)20(24)15-26-18-7-3-2-4-8-18/h2-9,14,16H,10-13,15H2,1H3,(H,22,25). The van der Waals surface area contributed by atoms with Gasteiger partial charge in [-0.25, -0.2) is 0 Å². The van der Waals surface area contributed by atoms with Crippen LogP contribution in [0.5, 0.6) is 5.75 Å². The van der Waals surface area contributed by atoms with Gasteiger partial charge >= 0.3 is 0 Å². The summed E-state index contributed by atoms with van der Waals surface area (Å²) >= 11 is 1.64. The lowest BCUT2D eigenvalue weighted by Crippen LogP contribution is -2.43. The minimum Gasteiger partial charge on any atom is -0.484 e. The molecule has 0 radical (unpaired) electrons. The van der Waals surface area contributed by atoms with Gasteiger partial charge in [0, 0.05) is 29.6 Å². The minimum atomic E-state index is -0.0676. The molecule has 0 aromatic heterocycles. The molecule has 0 unspecified atom stereocenters. The quantitative estimate of drug-likeness (QED) is 0.772. The lowest BCUT2D eigenvalue weighted by molar-refractivity contribution is -0.136. The van der Waals surface area contributed by atoms with E-state index in [0.717, 1.165) is 10.6 Å². The van der Waals surface area contributed by atoms with E-state index >= 15 is 0 Å². The van der Waals surface area contributed by atoms with Gasteiger partial charge in [-0.05, 0) is 49.4 Å². The summed E-state index contributed by atoms with van der Waals surface area (Å²) < 4.78 is 5.52. The molecule has 27 heavy (non-hydrogen) atoms. The third-order valence-electron chi connectivity index (χ3n) is 4.66. The largest absolute Gasteiger partial charge is 0.484 e. The van der Waals surface area contributed by atoms with Crippen molar-refractivity contribution in [2.75, 3.05) is 31.3 Å². The number of nitrogens with one attached hydrogen (secondary N) is 1. The minimum absolute atomic E-state index is 0.0286. The summed E-state index contributed by atoms with van der Waals surface area (Å²) in [6.07, 6.45) is 3.35. The normalized spacial score (nSPS) is 14.6. The number of nitrogens with zero attached hydrogens (tertiary/aromatic N) is 1. The zero-order valence-electron chi connectivity index (χ0n) is 15.4. The average Bonchev–Trinajstić information content (AvgIpc) is 2.73. The molecule has 1 aliphatic heterocycles. The first-order valence-electron chi connectivity index (χ1n) is 9.06. The Labute approximate surface area is 164 Å². The number of carbonyl (C=O) groups excluding carboxylic acids is 2. The third-order valence-corrected chi connectivity index (χ3v) is 5.39. The van der Waals surface area contributed by atoms with E-state index in [4.69, 9.17) is 4.74 Å². The molecule has 1 N–H and O–H groups in total. The third kappa shape index (κ3) is 5.50. The Kier molecular flexibility index (Phi) is 6.76. The van der Waals surface area contributed by atoms with E-state index in [1.165, 1.54) is 0 Å². The van der Waals surface area contributed by atoms with Crippen LogP contribution in [0.4, 0.5) is 5.69 Å². The van der Waals surface area contributed by atoms with Gasteiger partial charge in [-0.2, -0.15) is 0 Å². The number of hydrogen-bond donors (Lipinski definition) is 1. The number of ether oxygens (including phenoxy) is 1. The first-order chi connectivity index (χ1) is 13.2. The topological polar surface area (TPSA) is 58.6 Å². The van der Waals surface area contributed by atoms with Crippen molar-refractivity contribution in [3.05, 3.63) is 54.6 Å². The van der Waals surface area contributed by atoms with Gasteiger partial charge in [-0.1, -0.05) is 24.3 Å². The first kappa shape index (κ1) is 19.3. The van der Waals surface area contributed by atoms with Crippen molar-refractivity contribution in [2.24, 2.45) is 5.92 Å². The Morgan fingerprint density at radius 3 is 2.56 bits per heavy atom. The Morgan fingerprint density at radius 1 is 1.11 bits per heavy atom. The second-order valence-corrected chi connectivity index (χ2v) is 7.36. The summed E-state index contributed by atoms with van der Waals surface area (Å²) in [6, 6.07) is 17.1. The number of piperidine rings is 1. The maximum Gasteiger partial charge on any atom is 0.260 e. The van der Waals surface area contributed by atoms with Crippen molar-refractivity contribution in [2.45, 2.75) is 17.7 Å². The second-order valence-electron chi connectivity index (χ2n) is 6.48. The number of amides is 2. The van der Waals surface area contributed by atoms with Crippen LogP contribution in [-0.2, 0) is 9.59 Å². The smallest absolute Gasteiger partial charge is 0.260 e. The van der Waals surface area contributed by atoms with Crippen molar-refractivity contribution < 1.29 is 14.3 Å². The summed E-state index contributed by atoms with van der Waals surface area (Å²) in [7, 11) is 0. The molecule has 5 nitrogen and oxygen atoms in total. The van der Waals surface area contributed by atoms with Gasteiger partial charge < -0.3 is 15.0 Å². The highest BCUT2D eigenvalue weighted by atomic mass is 32.2. The molecule has 0 atom stereocenters. The van der Waals surface area contributed by atoms with Gasteiger partial charge in [0.05, 0.1) is 0 Å². The number of anilines is 1. The predicted octanol–water partition coefficient (Wildman–Crippen LogP) is 3.66. The second kappa shape index (κ2) is 9.46. The van der Waals surface area contributed by atoms with E-state index in [2.05, 4.69) is 5.32 Å². The monoisotopic (exact) mass is 384 g/mol. The molecule has 6 heteroatoms. The maximum atomic E-state index is 12.5. The van der Waals surface area contributed by atoms with E-state index in [-0.39, 0.29) is 24.3 Å². The van der Waals surface area contributed by atoms with Gasteiger partial charge in [0.2, 0.25) is 5.91 Å². The molecule has 0 aliphatic carbocycles. The van der Waals surface area contributed by atoms with Crippen LogP contribution in [-0.4, -0.2) is 42.7 Å². The van der Waals surface area contributed by atoms with Crippen molar-refractivity contribution >= 4 is 29.3 Å². The van der Waals surface area contributed by atoms with Crippen molar-refractivity contribution in [3.63, 3.8) is 0 Å². The highest BCUT2D eigenvalue weighted by Gasteiger charge is 2.27. The van der Waals surface area contributed by atoms with Crippen molar-refractivity contribution in [1.82, 2.24) is 4.90 Å². The first-order valence-corrected chi connectivity index (χ1v) is 10.3. The average molecular weight is 385 g/mol. The fourth-order valence-electron chi connectivity index (χ4n) is 3.09. The van der Waals surface area contributed by atoms with E-state index in [1.807, 2.05) is 60.9 Å². The van der Waals surface area contributed by atoms with E-state index in [9.17, 15) is 9.59 Å². The van der Waals surface area contributed by atoms with Crippen LogP contribution >= 0.6 is 11.8 Å². The fraction of sp³-hybridized carbons (Fsp3) is 0.333. The SMILES string of the molecule is CSc1cccc(NC(=O)C2CCN(C(=O)COc3ccccc3)CC2)c1. The molecule has 2 amide bonds. The molecule has 1 fully saturated rings. The van der Waals surface area contributed by atoms with Crippen LogP contribution in [0.25, 0.3) is 0 Å².